The summed E-state index contributed by atoms with van der Waals surface area (Å²) in [4.78, 5) is 15.2. The van der Waals surface area contributed by atoms with Gasteiger partial charge in [0, 0.05) is 5.39 Å². The molecule has 0 unspecified atom stereocenters. The van der Waals surface area contributed by atoms with Crippen LogP contribution in [0.5, 0.6) is 0 Å². The van der Waals surface area contributed by atoms with E-state index >= 15 is 0 Å². The van der Waals surface area contributed by atoms with Gasteiger partial charge in [0.15, 0.2) is 5.76 Å². The minimum absolute atomic E-state index is 0.0817. The van der Waals surface area contributed by atoms with E-state index in [9.17, 15) is 4.79 Å². The molecule has 21 heavy (non-hydrogen) atoms. The van der Waals surface area contributed by atoms with E-state index in [1.165, 1.54) is 24.8 Å². The quantitative estimate of drug-likeness (QED) is 0.793. The fraction of sp³-hybridized carbons (Fsp3) is 0.500. The van der Waals surface area contributed by atoms with E-state index in [1.54, 1.807) is 0 Å². The lowest BCUT2D eigenvalue weighted by Gasteiger charge is -2.39. The normalized spacial score (nSPS) is 17.3. The molecular weight excluding hydrogens is 262 g/mol. The Kier molecular flexibility index (Phi) is 3.62. The number of benzene rings is 1. The number of hydrogen-bond donors (Lipinski definition) is 0. The van der Waals surface area contributed by atoms with Gasteiger partial charge in [-0.3, -0.25) is 9.69 Å². The summed E-state index contributed by atoms with van der Waals surface area (Å²) in [5, 5.41) is 1.01. The van der Waals surface area contributed by atoms with Crippen LogP contribution in [0.3, 0.4) is 0 Å². The predicted molar refractivity (Wildman–Crippen MR) is 84.8 cm³/mol. The largest absolute Gasteiger partial charge is 0.453 e. The molecule has 1 fully saturated rings. The van der Waals surface area contributed by atoms with Gasteiger partial charge in [-0.05, 0) is 64.9 Å². The van der Waals surface area contributed by atoms with Gasteiger partial charge in [0.1, 0.15) is 5.58 Å². The Labute approximate surface area is 125 Å². The molecule has 1 aliphatic rings. The number of carbonyl (C=O) groups is 1. The molecule has 0 atom stereocenters. The van der Waals surface area contributed by atoms with E-state index in [4.69, 9.17) is 4.42 Å². The fourth-order valence-electron chi connectivity index (χ4n) is 3.17. The molecule has 2 aromatic rings. The zero-order valence-corrected chi connectivity index (χ0v) is 13.1. The van der Waals surface area contributed by atoms with Crippen LogP contribution in [0.25, 0.3) is 11.0 Å². The molecule has 3 rings (SSSR count). The van der Waals surface area contributed by atoms with Gasteiger partial charge in [-0.1, -0.05) is 18.1 Å². The summed E-state index contributed by atoms with van der Waals surface area (Å²) in [5.41, 5.74) is 1.47. The van der Waals surface area contributed by atoms with Gasteiger partial charge >= 0.3 is 0 Å². The van der Waals surface area contributed by atoms with Crippen molar-refractivity contribution in [3.8, 4) is 0 Å². The number of carbonyl (C=O) groups excluding carboxylic acids is 1. The topological polar surface area (TPSA) is 33.5 Å². The Balaban J connectivity index is 1.91. The van der Waals surface area contributed by atoms with Gasteiger partial charge in [0.2, 0.25) is 5.78 Å². The molecule has 3 heteroatoms. The van der Waals surface area contributed by atoms with E-state index in [0.29, 0.717) is 5.76 Å². The zero-order valence-electron chi connectivity index (χ0n) is 13.1. The van der Waals surface area contributed by atoms with Crippen molar-refractivity contribution in [3.05, 3.63) is 35.6 Å². The Bertz CT molecular complexity index is 663. The van der Waals surface area contributed by atoms with Crippen molar-refractivity contribution in [1.82, 2.24) is 4.90 Å². The first-order valence-electron chi connectivity index (χ1n) is 7.78. The van der Waals surface area contributed by atoms with Crippen LogP contribution in [0, 0.1) is 6.92 Å². The molecule has 0 N–H and O–H groups in total. The average molecular weight is 285 g/mol. The number of hydrogen-bond acceptors (Lipinski definition) is 3. The van der Waals surface area contributed by atoms with Crippen LogP contribution in [0.1, 0.15) is 49.2 Å². The van der Waals surface area contributed by atoms with E-state index in [2.05, 4.69) is 11.0 Å². The van der Waals surface area contributed by atoms with Crippen molar-refractivity contribution in [2.45, 2.75) is 45.6 Å². The standard InChI is InChI=1S/C18H23NO2/c1-13-7-8-15-14(11-13)12-16(21-15)17(20)18(2,3)19-9-5-4-6-10-19/h7-8,11-12H,4-6,9-10H2,1-3H3. The van der Waals surface area contributed by atoms with Gasteiger partial charge in [-0.15, -0.1) is 0 Å². The number of aryl methyl sites for hydroxylation is 1. The van der Waals surface area contributed by atoms with Crippen molar-refractivity contribution in [3.63, 3.8) is 0 Å². The van der Waals surface area contributed by atoms with Gasteiger partial charge < -0.3 is 4.42 Å². The van der Waals surface area contributed by atoms with Gasteiger partial charge in [-0.2, -0.15) is 0 Å². The third kappa shape index (κ3) is 2.62. The average Bonchev–Trinajstić information content (AvgIpc) is 2.90. The lowest BCUT2D eigenvalue weighted by molar-refractivity contribution is 0.0553. The van der Waals surface area contributed by atoms with E-state index in [0.717, 1.165) is 24.1 Å². The summed E-state index contributed by atoms with van der Waals surface area (Å²) >= 11 is 0. The van der Waals surface area contributed by atoms with Crippen LogP contribution < -0.4 is 0 Å². The number of nitrogens with zero attached hydrogens (tertiary/aromatic N) is 1. The molecule has 0 spiro atoms. The van der Waals surface area contributed by atoms with Crippen LogP contribution in [-0.2, 0) is 0 Å². The second-order valence-electron chi connectivity index (χ2n) is 6.59. The minimum Gasteiger partial charge on any atom is -0.453 e. The van der Waals surface area contributed by atoms with Crippen molar-refractivity contribution in [2.24, 2.45) is 0 Å². The van der Waals surface area contributed by atoms with Crippen molar-refractivity contribution >= 4 is 16.8 Å². The first-order valence-corrected chi connectivity index (χ1v) is 7.78. The monoisotopic (exact) mass is 285 g/mol. The summed E-state index contributed by atoms with van der Waals surface area (Å²) in [7, 11) is 0. The van der Waals surface area contributed by atoms with Crippen LogP contribution >= 0.6 is 0 Å². The Morgan fingerprint density at radius 1 is 1.14 bits per heavy atom. The molecule has 0 aliphatic carbocycles. The lowest BCUT2D eigenvalue weighted by Crippen LogP contribution is -2.52. The van der Waals surface area contributed by atoms with Crippen LogP contribution in [0.2, 0.25) is 0 Å². The first kappa shape index (κ1) is 14.3. The first-order chi connectivity index (χ1) is 9.98. The van der Waals surface area contributed by atoms with Gasteiger partial charge in [-0.25, -0.2) is 0 Å². The highest BCUT2D eigenvalue weighted by atomic mass is 16.3. The Hall–Kier alpha value is -1.61. The minimum atomic E-state index is -0.497. The molecule has 1 aromatic carbocycles. The lowest BCUT2D eigenvalue weighted by atomic mass is 9.92. The molecule has 112 valence electrons. The number of ketones is 1. The van der Waals surface area contributed by atoms with E-state index < -0.39 is 5.54 Å². The highest BCUT2D eigenvalue weighted by Crippen LogP contribution is 2.28. The fourth-order valence-corrected chi connectivity index (χ4v) is 3.17. The number of Topliss-reactive ketones (excluding diaryl/α,β-unsaturated/α-hetero) is 1. The van der Waals surface area contributed by atoms with Gasteiger partial charge in [0.05, 0.1) is 5.54 Å². The number of fused-ring (bicyclic) bond motifs is 1. The second kappa shape index (κ2) is 5.30. The van der Waals surface area contributed by atoms with Crippen molar-refractivity contribution in [1.29, 1.82) is 0 Å². The maximum absolute atomic E-state index is 12.9. The number of likely N-dealkylation sites (tertiary alicyclic amines) is 1. The van der Waals surface area contributed by atoms with Crippen molar-refractivity contribution in [2.75, 3.05) is 13.1 Å². The SMILES string of the molecule is Cc1ccc2oc(C(=O)C(C)(C)N3CCCCC3)cc2c1. The highest BCUT2D eigenvalue weighted by molar-refractivity contribution is 6.03. The number of piperidine rings is 1. The summed E-state index contributed by atoms with van der Waals surface area (Å²) in [5.74, 6) is 0.560. The summed E-state index contributed by atoms with van der Waals surface area (Å²) in [6.07, 6.45) is 3.62. The molecule has 0 saturated carbocycles. The maximum atomic E-state index is 12.9. The number of furan rings is 1. The molecule has 1 saturated heterocycles. The smallest absolute Gasteiger partial charge is 0.217 e. The molecule has 2 heterocycles. The molecule has 1 aromatic heterocycles. The Morgan fingerprint density at radius 3 is 2.57 bits per heavy atom. The zero-order chi connectivity index (χ0) is 15.0. The van der Waals surface area contributed by atoms with Crippen molar-refractivity contribution < 1.29 is 9.21 Å². The Morgan fingerprint density at radius 2 is 1.86 bits per heavy atom. The predicted octanol–water partition coefficient (Wildman–Crippen LogP) is 4.19. The molecular formula is C18H23NO2. The van der Waals surface area contributed by atoms with Crippen LogP contribution in [0.15, 0.2) is 28.7 Å². The maximum Gasteiger partial charge on any atom is 0.217 e. The molecule has 1 aliphatic heterocycles. The summed E-state index contributed by atoms with van der Waals surface area (Å²) in [6, 6.07) is 7.89. The van der Waals surface area contributed by atoms with E-state index in [1.807, 2.05) is 39.0 Å². The van der Waals surface area contributed by atoms with Gasteiger partial charge in [0.25, 0.3) is 0 Å². The van der Waals surface area contributed by atoms with E-state index in [-0.39, 0.29) is 5.78 Å². The highest BCUT2D eigenvalue weighted by Gasteiger charge is 2.37. The van der Waals surface area contributed by atoms with Crippen LogP contribution in [0.4, 0.5) is 0 Å². The number of rotatable bonds is 3. The molecule has 3 nitrogen and oxygen atoms in total. The van der Waals surface area contributed by atoms with Crippen LogP contribution in [-0.4, -0.2) is 29.3 Å². The molecule has 0 radical (unpaired) electrons. The molecule has 0 amide bonds. The summed E-state index contributed by atoms with van der Waals surface area (Å²) < 4.78 is 5.79. The molecule has 0 bridgehead atoms. The third-order valence-corrected chi connectivity index (χ3v) is 4.60. The second-order valence-corrected chi connectivity index (χ2v) is 6.59. The summed E-state index contributed by atoms with van der Waals surface area (Å²) in [6.45, 7) is 8.07. The third-order valence-electron chi connectivity index (χ3n) is 4.60.